The molecule has 0 aliphatic carbocycles. The molecule has 0 saturated carbocycles. The normalized spacial score (nSPS) is 14.9. The zero-order valence-corrected chi connectivity index (χ0v) is 7.43. The summed E-state index contributed by atoms with van der Waals surface area (Å²) in [4.78, 5) is 0. The SMILES string of the molecule is CCC(C(=N)N)C(=N)N1N=N1.Cl. The summed E-state index contributed by atoms with van der Waals surface area (Å²) >= 11 is 0. The van der Waals surface area contributed by atoms with Gasteiger partial charge in [-0.2, -0.15) is 0 Å². The Morgan fingerprint density at radius 2 is 2.00 bits per heavy atom. The summed E-state index contributed by atoms with van der Waals surface area (Å²) in [6, 6.07) is 0. The van der Waals surface area contributed by atoms with Crippen molar-refractivity contribution in [2.45, 2.75) is 13.3 Å². The smallest absolute Gasteiger partial charge is 0.157 e. The highest BCUT2D eigenvalue weighted by Crippen LogP contribution is 2.16. The molecule has 1 aliphatic rings. The van der Waals surface area contributed by atoms with Gasteiger partial charge in [0.05, 0.1) is 5.92 Å². The summed E-state index contributed by atoms with van der Waals surface area (Å²) in [7, 11) is 0. The lowest BCUT2D eigenvalue weighted by Gasteiger charge is -2.11. The summed E-state index contributed by atoms with van der Waals surface area (Å²) in [6.07, 6.45) is 0.635. The maximum Gasteiger partial charge on any atom is 0.157 e. The number of rotatable bonds is 3. The van der Waals surface area contributed by atoms with Crippen LogP contribution in [0.1, 0.15) is 13.3 Å². The molecule has 0 spiro atoms. The van der Waals surface area contributed by atoms with Crippen molar-refractivity contribution in [1.29, 1.82) is 10.8 Å². The maximum atomic E-state index is 7.41. The number of nitrogens with zero attached hydrogens (tertiary/aromatic N) is 3. The van der Waals surface area contributed by atoms with Crippen LogP contribution in [-0.2, 0) is 0 Å². The van der Waals surface area contributed by atoms with E-state index < -0.39 is 0 Å². The Kier molecular flexibility index (Phi) is 3.62. The van der Waals surface area contributed by atoms with E-state index >= 15 is 0 Å². The average molecular weight is 191 g/mol. The summed E-state index contributed by atoms with van der Waals surface area (Å²) < 4.78 is 0. The Morgan fingerprint density at radius 3 is 2.25 bits per heavy atom. The number of nitrogens with two attached hydrogens (primary N) is 1. The molecule has 12 heavy (non-hydrogen) atoms. The Morgan fingerprint density at radius 1 is 1.50 bits per heavy atom. The molecule has 1 atom stereocenters. The predicted octanol–water partition coefficient (Wildman–Crippen LogP) is 0.945. The lowest BCUT2D eigenvalue weighted by molar-refractivity contribution is 0.644. The Bertz CT molecular complexity index is 218. The van der Waals surface area contributed by atoms with Gasteiger partial charge >= 0.3 is 0 Å². The summed E-state index contributed by atoms with van der Waals surface area (Å²) in [5, 5.41) is 22.6. The molecular weight excluding hydrogens is 180 g/mol. The molecule has 0 bridgehead atoms. The molecule has 1 unspecified atom stereocenters. The standard InChI is InChI=1S/C5H10N6.ClH/c1-2-3(4(6)7)5(8)11-9-10-11;/h3,8H,2H2,1H3,(H3,6,7);1H. The van der Waals surface area contributed by atoms with Crippen molar-refractivity contribution >= 4 is 24.1 Å². The molecule has 68 valence electrons. The van der Waals surface area contributed by atoms with Crippen LogP contribution in [0.25, 0.3) is 0 Å². The number of nitrogens with one attached hydrogen (secondary N) is 2. The highest BCUT2D eigenvalue weighted by Gasteiger charge is 2.27. The minimum Gasteiger partial charge on any atom is -0.387 e. The van der Waals surface area contributed by atoms with E-state index in [1.165, 1.54) is 5.12 Å². The van der Waals surface area contributed by atoms with Gasteiger partial charge in [0.15, 0.2) is 5.84 Å². The summed E-state index contributed by atoms with van der Waals surface area (Å²) in [6.45, 7) is 1.87. The molecule has 1 heterocycles. The van der Waals surface area contributed by atoms with Crippen LogP contribution < -0.4 is 5.73 Å². The summed E-state index contributed by atoms with van der Waals surface area (Å²) in [5.41, 5.74) is 5.25. The maximum absolute atomic E-state index is 7.41. The predicted molar refractivity (Wildman–Crippen MR) is 47.4 cm³/mol. The first-order chi connectivity index (χ1) is 5.16. The second-order valence-electron chi connectivity index (χ2n) is 2.27. The molecule has 6 nitrogen and oxygen atoms in total. The van der Waals surface area contributed by atoms with Gasteiger partial charge in [0.2, 0.25) is 0 Å². The van der Waals surface area contributed by atoms with E-state index in [1.807, 2.05) is 6.92 Å². The molecule has 0 aromatic rings. The van der Waals surface area contributed by atoms with Crippen LogP contribution in [-0.4, -0.2) is 16.8 Å². The van der Waals surface area contributed by atoms with E-state index in [1.54, 1.807) is 0 Å². The molecule has 0 aromatic heterocycles. The molecule has 4 N–H and O–H groups in total. The third-order valence-electron chi connectivity index (χ3n) is 1.51. The van der Waals surface area contributed by atoms with Crippen LogP contribution in [0.15, 0.2) is 10.4 Å². The number of halogens is 1. The van der Waals surface area contributed by atoms with Gasteiger partial charge in [0.1, 0.15) is 5.84 Å². The second-order valence-corrected chi connectivity index (χ2v) is 2.27. The van der Waals surface area contributed by atoms with Crippen molar-refractivity contribution in [1.82, 2.24) is 5.12 Å². The topological polar surface area (TPSA) is 101 Å². The lowest BCUT2D eigenvalue weighted by Crippen LogP contribution is -2.32. The number of amidine groups is 2. The van der Waals surface area contributed by atoms with Crippen LogP contribution >= 0.6 is 12.4 Å². The monoisotopic (exact) mass is 190 g/mol. The fourth-order valence-corrected chi connectivity index (χ4v) is 0.816. The number of hydrogen-bond donors (Lipinski definition) is 3. The first kappa shape index (κ1) is 10.8. The quantitative estimate of drug-likeness (QED) is 0.456. The summed E-state index contributed by atoms with van der Waals surface area (Å²) in [5.74, 6) is -0.167. The van der Waals surface area contributed by atoms with E-state index in [0.717, 1.165) is 0 Å². The zero-order valence-electron chi connectivity index (χ0n) is 6.61. The molecule has 1 aliphatic heterocycles. The van der Waals surface area contributed by atoms with Gasteiger partial charge in [-0.05, 0) is 16.9 Å². The third kappa shape index (κ3) is 2.16. The fourth-order valence-electron chi connectivity index (χ4n) is 0.816. The van der Waals surface area contributed by atoms with Crippen molar-refractivity contribution in [3.05, 3.63) is 0 Å². The number of hydrogen-bond acceptors (Lipinski definition) is 4. The van der Waals surface area contributed by atoms with Crippen molar-refractivity contribution < 1.29 is 0 Å². The van der Waals surface area contributed by atoms with Crippen molar-refractivity contribution in [3.63, 3.8) is 0 Å². The van der Waals surface area contributed by atoms with Gasteiger partial charge in [-0.3, -0.25) is 10.8 Å². The van der Waals surface area contributed by atoms with Gasteiger partial charge in [0, 0.05) is 0 Å². The van der Waals surface area contributed by atoms with E-state index in [-0.39, 0.29) is 30.0 Å². The first-order valence-electron chi connectivity index (χ1n) is 3.30. The highest BCUT2D eigenvalue weighted by atomic mass is 35.5. The third-order valence-corrected chi connectivity index (χ3v) is 1.51. The lowest BCUT2D eigenvalue weighted by atomic mass is 10.0. The fraction of sp³-hybridized carbons (Fsp3) is 0.600. The highest BCUT2D eigenvalue weighted by molar-refractivity contribution is 6.02. The van der Waals surface area contributed by atoms with Crippen LogP contribution in [0.4, 0.5) is 0 Å². The van der Waals surface area contributed by atoms with E-state index in [0.29, 0.717) is 6.42 Å². The van der Waals surface area contributed by atoms with Crippen LogP contribution in [0.5, 0.6) is 0 Å². The average Bonchev–Trinajstić information content (AvgIpc) is 2.68. The molecule has 7 heteroatoms. The van der Waals surface area contributed by atoms with Crippen LogP contribution in [0.2, 0.25) is 0 Å². The van der Waals surface area contributed by atoms with Gasteiger partial charge < -0.3 is 5.73 Å². The Hall–Kier alpha value is -1.17. The molecule has 0 aromatic carbocycles. The minimum absolute atomic E-state index is 0. The molecule has 1 rings (SSSR count). The minimum atomic E-state index is -0.343. The van der Waals surface area contributed by atoms with Crippen molar-refractivity contribution in [2.75, 3.05) is 0 Å². The molecule has 0 fully saturated rings. The van der Waals surface area contributed by atoms with Gasteiger partial charge in [-0.15, -0.1) is 12.4 Å². The molecule has 0 amide bonds. The zero-order chi connectivity index (χ0) is 8.43. The van der Waals surface area contributed by atoms with E-state index in [4.69, 9.17) is 16.6 Å². The van der Waals surface area contributed by atoms with Gasteiger partial charge in [0.25, 0.3) is 0 Å². The first-order valence-corrected chi connectivity index (χ1v) is 3.30. The van der Waals surface area contributed by atoms with Crippen LogP contribution in [0.3, 0.4) is 0 Å². The molecule has 0 saturated heterocycles. The van der Waals surface area contributed by atoms with E-state index in [2.05, 4.69) is 10.4 Å². The van der Waals surface area contributed by atoms with Crippen LogP contribution in [0, 0.1) is 16.7 Å². The van der Waals surface area contributed by atoms with Gasteiger partial charge in [-0.25, -0.2) is 0 Å². The van der Waals surface area contributed by atoms with Crippen molar-refractivity contribution in [3.8, 4) is 0 Å². The molecular formula is C5H11ClN6. The largest absolute Gasteiger partial charge is 0.387 e. The van der Waals surface area contributed by atoms with Crippen molar-refractivity contribution in [2.24, 2.45) is 22.1 Å². The Balaban J connectivity index is 0.00000121. The second kappa shape index (κ2) is 4.01. The molecule has 0 radical (unpaired) electrons. The van der Waals surface area contributed by atoms with E-state index in [9.17, 15) is 0 Å². The Labute approximate surface area is 76.2 Å². The van der Waals surface area contributed by atoms with Gasteiger partial charge in [-0.1, -0.05) is 12.0 Å².